The highest BCUT2D eigenvalue weighted by Gasteiger charge is 2.32. The third kappa shape index (κ3) is 6.57. The zero-order valence-electron chi connectivity index (χ0n) is 18.9. The lowest BCUT2D eigenvalue weighted by molar-refractivity contribution is -0.245. The second-order valence-corrected chi connectivity index (χ2v) is 8.92. The Hall–Kier alpha value is -2.92. The summed E-state index contributed by atoms with van der Waals surface area (Å²) in [6.45, 7) is 2.91. The molecule has 9 nitrogen and oxygen atoms in total. The number of hydrogen-bond donors (Lipinski definition) is 4. The number of aliphatic hydroxyl groups is 1. The van der Waals surface area contributed by atoms with Crippen molar-refractivity contribution in [3.63, 3.8) is 0 Å². The SMILES string of the molecule is CCNC(=O)NCc1ccc([C@@H]2O[C@H](CSc3ncn[nH]3)C[C@H](c3ccc(CO)cc3)O2)cc1. The van der Waals surface area contributed by atoms with E-state index in [1.54, 1.807) is 11.8 Å². The molecule has 2 heterocycles. The molecule has 3 aromatic rings. The first-order valence-electron chi connectivity index (χ1n) is 11.2. The Labute approximate surface area is 202 Å². The zero-order chi connectivity index (χ0) is 23.8. The zero-order valence-corrected chi connectivity index (χ0v) is 19.8. The Kier molecular flexibility index (Phi) is 8.53. The fraction of sp³-hybridized carbons (Fsp3) is 0.375. The lowest BCUT2D eigenvalue weighted by atomic mass is 10.0. The van der Waals surface area contributed by atoms with Crippen molar-refractivity contribution < 1.29 is 19.4 Å². The van der Waals surface area contributed by atoms with Gasteiger partial charge in [-0.3, -0.25) is 5.10 Å². The molecule has 0 bridgehead atoms. The van der Waals surface area contributed by atoms with Gasteiger partial charge < -0.3 is 25.2 Å². The van der Waals surface area contributed by atoms with Crippen molar-refractivity contribution >= 4 is 17.8 Å². The van der Waals surface area contributed by atoms with Gasteiger partial charge in [0, 0.05) is 30.8 Å². The second-order valence-electron chi connectivity index (χ2n) is 7.91. The smallest absolute Gasteiger partial charge is 0.315 e. The summed E-state index contributed by atoms with van der Waals surface area (Å²) in [4.78, 5) is 15.8. The molecule has 4 rings (SSSR count). The van der Waals surface area contributed by atoms with Crippen LogP contribution in [0.5, 0.6) is 0 Å². The average molecular weight is 484 g/mol. The van der Waals surface area contributed by atoms with Crippen molar-refractivity contribution in [1.29, 1.82) is 0 Å². The number of aliphatic hydroxyl groups excluding tert-OH is 1. The normalized spacial score (nSPS) is 20.1. The molecular formula is C24H29N5O4S. The Morgan fingerprint density at radius 3 is 2.50 bits per heavy atom. The van der Waals surface area contributed by atoms with Crippen molar-refractivity contribution in [2.75, 3.05) is 12.3 Å². The molecule has 4 N–H and O–H groups in total. The number of nitrogens with one attached hydrogen (secondary N) is 3. The molecule has 1 saturated heterocycles. The average Bonchev–Trinajstić information content (AvgIpc) is 3.40. The van der Waals surface area contributed by atoms with Crippen LogP contribution in [0, 0.1) is 0 Å². The summed E-state index contributed by atoms with van der Waals surface area (Å²) in [5.74, 6) is 0.703. The number of H-pyrrole nitrogens is 1. The highest BCUT2D eigenvalue weighted by molar-refractivity contribution is 7.99. The third-order valence-electron chi connectivity index (χ3n) is 5.46. The predicted molar refractivity (Wildman–Crippen MR) is 128 cm³/mol. The largest absolute Gasteiger partial charge is 0.392 e. The maximum Gasteiger partial charge on any atom is 0.315 e. The summed E-state index contributed by atoms with van der Waals surface area (Å²) in [6.07, 6.45) is 1.46. The van der Waals surface area contributed by atoms with Crippen molar-refractivity contribution in [2.45, 2.75) is 50.2 Å². The van der Waals surface area contributed by atoms with Gasteiger partial charge in [0.05, 0.1) is 18.8 Å². The van der Waals surface area contributed by atoms with Crippen LogP contribution in [0.4, 0.5) is 4.79 Å². The maximum absolute atomic E-state index is 11.6. The van der Waals surface area contributed by atoms with E-state index in [2.05, 4.69) is 25.8 Å². The number of rotatable bonds is 9. The standard InChI is InChI=1S/C24H29N5O4S/c1-2-25-23(31)26-12-16-3-9-19(10-4-16)22-32-20(14-34-24-27-15-28-29-24)11-21(33-22)18-7-5-17(13-30)6-8-18/h3-10,15,20-22,30H,2,11-14H2,1H3,(H2,25,26,31)(H,27,28,29)/t20-,21+,22+/m0/s1. The van der Waals surface area contributed by atoms with E-state index in [0.29, 0.717) is 25.3 Å². The van der Waals surface area contributed by atoms with Gasteiger partial charge in [0.25, 0.3) is 0 Å². The van der Waals surface area contributed by atoms with E-state index in [9.17, 15) is 9.90 Å². The molecule has 0 radical (unpaired) electrons. The lowest BCUT2D eigenvalue weighted by Gasteiger charge is -2.36. The number of carbonyl (C=O) groups is 1. The van der Waals surface area contributed by atoms with E-state index >= 15 is 0 Å². The molecule has 34 heavy (non-hydrogen) atoms. The number of nitrogens with zero attached hydrogens (tertiary/aromatic N) is 2. The van der Waals surface area contributed by atoms with Crippen LogP contribution >= 0.6 is 11.8 Å². The first-order valence-corrected chi connectivity index (χ1v) is 12.2. The number of ether oxygens (including phenoxy) is 2. The van der Waals surface area contributed by atoms with Gasteiger partial charge in [-0.25, -0.2) is 9.78 Å². The molecule has 0 aliphatic carbocycles. The molecule has 2 aromatic carbocycles. The predicted octanol–water partition coefficient (Wildman–Crippen LogP) is 3.45. The number of thioether (sulfide) groups is 1. The van der Waals surface area contributed by atoms with Crippen LogP contribution in [0.3, 0.4) is 0 Å². The summed E-state index contributed by atoms with van der Waals surface area (Å²) in [5, 5.41) is 22.4. The van der Waals surface area contributed by atoms with Crippen molar-refractivity contribution in [2.24, 2.45) is 0 Å². The van der Waals surface area contributed by atoms with Gasteiger partial charge >= 0.3 is 6.03 Å². The van der Waals surface area contributed by atoms with Gasteiger partial charge in [-0.1, -0.05) is 60.3 Å². The summed E-state index contributed by atoms with van der Waals surface area (Å²) < 4.78 is 12.7. The maximum atomic E-state index is 11.6. The topological polar surface area (TPSA) is 121 Å². The number of benzene rings is 2. The number of amides is 2. The van der Waals surface area contributed by atoms with Gasteiger partial charge in [0.2, 0.25) is 0 Å². The molecule has 180 valence electrons. The van der Waals surface area contributed by atoms with Gasteiger partial charge in [0.15, 0.2) is 11.4 Å². The summed E-state index contributed by atoms with van der Waals surface area (Å²) in [5.41, 5.74) is 3.80. The molecule has 1 aliphatic heterocycles. The number of aromatic amines is 1. The minimum atomic E-state index is -0.526. The van der Waals surface area contributed by atoms with Gasteiger partial charge in [-0.15, -0.1) is 0 Å². The van der Waals surface area contributed by atoms with Crippen LogP contribution in [0.2, 0.25) is 0 Å². The number of hydrogen-bond acceptors (Lipinski definition) is 7. The first-order chi connectivity index (χ1) is 16.6. The van der Waals surface area contributed by atoms with Crippen LogP contribution in [0.25, 0.3) is 0 Å². The monoisotopic (exact) mass is 483 g/mol. The molecule has 0 unspecified atom stereocenters. The van der Waals surface area contributed by atoms with Crippen LogP contribution in [0.15, 0.2) is 60.0 Å². The van der Waals surface area contributed by atoms with Gasteiger partial charge in [-0.2, -0.15) is 5.10 Å². The Morgan fingerprint density at radius 1 is 1.09 bits per heavy atom. The highest BCUT2D eigenvalue weighted by atomic mass is 32.2. The molecule has 1 aliphatic rings. The fourth-order valence-corrected chi connectivity index (χ4v) is 4.45. The first kappa shape index (κ1) is 24.2. The molecule has 0 saturated carbocycles. The summed E-state index contributed by atoms with van der Waals surface area (Å²) in [6, 6.07) is 15.5. The van der Waals surface area contributed by atoms with E-state index < -0.39 is 6.29 Å². The number of carbonyl (C=O) groups excluding carboxylic acids is 1. The number of aromatic nitrogens is 3. The molecule has 1 fully saturated rings. The van der Waals surface area contributed by atoms with Crippen LogP contribution < -0.4 is 10.6 Å². The van der Waals surface area contributed by atoms with Crippen LogP contribution in [0.1, 0.15) is 48.0 Å². The second kappa shape index (κ2) is 12.0. The quantitative estimate of drug-likeness (QED) is 0.344. The molecule has 2 amide bonds. The Balaban J connectivity index is 1.45. The lowest BCUT2D eigenvalue weighted by Crippen LogP contribution is -2.34. The Morgan fingerprint density at radius 2 is 1.82 bits per heavy atom. The minimum Gasteiger partial charge on any atom is -0.392 e. The van der Waals surface area contributed by atoms with Crippen molar-refractivity contribution in [1.82, 2.24) is 25.8 Å². The van der Waals surface area contributed by atoms with E-state index in [0.717, 1.165) is 27.4 Å². The van der Waals surface area contributed by atoms with E-state index in [1.807, 2.05) is 55.5 Å². The van der Waals surface area contributed by atoms with E-state index in [1.165, 1.54) is 6.33 Å². The fourth-order valence-electron chi connectivity index (χ4n) is 3.66. The highest BCUT2D eigenvalue weighted by Crippen LogP contribution is 2.39. The van der Waals surface area contributed by atoms with E-state index in [-0.39, 0.29) is 24.8 Å². The van der Waals surface area contributed by atoms with Crippen molar-refractivity contribution in [3.8, 4) is 0 Å². The van der Waals surface area contributed by atoms with Crippen molar-refractivity contribution in [3.05, 3.63) is 77.1 Å². The van der Waals surface area contributed by atoms with Gasteiger partial charge in [-0.05, 0) is 23.6 Å². The summed E-state index contributed by atoms with van der Waals surface area (Å²) >= 11 is 1.56. The van der Waals surface area contributed by atoms with Crippen LogP contribution in [-0.4, -0.2) is 44.7 Å². The Bertz CT molecular complexity index is 1030. The number of urea groups is 1. The summed E-state index contributed by atoms with van der Waals surface area (Å²) in [7, 11) is 0. The molecule has 10 heteroatoms. The third-order valence-corrected chi connectivity index (χ3v) is 6.46. The molecular weight excluding hydrogens is 454 g/mol. The van der Waals surface area contributed by atoms with E-state index in [4.69, 9.17) is 9.47 Å². The van der Waals surface area contributed by atoms with Crippen LogP contribution in [-0.2, 0) is 22.6 Å². The molecule has 3 atom stereocenters. The molecule has 0 spiro atoms. The van der Waals surface area contributed by atoms with Gasteiger partial charge in [0.1, 0.15) is 6.33 Å². The molecule has 1 aromatic heterocycles. The minimum absolute atomic E-state index is 0.00922.